The van der Waals surface area contributed by atoms with Gasteiger partial charge in [-0.2, -0.15) is 0 Å². The SMILES string of the molecule is COc1ccc(N(c2ccc(Br)cc2)c2ccc(/C=C/c3ccc(/C=C/c4ccc(N(c5ccc(Br)cc5)c5ccc(OC)cc5)cc4)cc3)cc2)cc1. The third-order valence-electron chi connectivity index (χ3n) is 9.01. The topological polar surface area (TPSA) is 24.9 Å². The van der Waals surface area contributed by atoms with Crippen molar-refractivity contribution in [2.24, 2.45) is 0 Å². The van der Waals surface area contributed by atoms with Gasteiger partial charge in [0.1, 0.15) is 11.5 Å². The van der Waals surface area contributed by atoms with Crippen LogP contribution in [-0.2, 0) is 0 Å². The predicted molar refractivity (Wildman–Crippen MR) is 235 cm³/mol. The number of rotatable bonds is 12. The summed E-state index contributed by atoms with van der Waals surface area (Å²) in [5.41, 5.74) is 10.9. The summed E-state index contributed by atoms with van der Waals surface area (Å²) < 4.78 is 12.9. The molecule has 0 spiro atoms. The van der Waals surface area contributed by atoms with Crippen molar-refractivity contribution >= 4 is 90.3 Å². The first-order chi connectivity index (χ1) is 26.4. The molecular formula is C48H38Br2N2O2. The molecule has 0 saturated heterocycles. The molecule has 7 rings (SSSR count). The molecule has 0 aliphatic carbocycles. The van der Waals surface area contributed by atoms with Crippen molar-refractivity contribution in [3.8, 4) is 11.5 Å². The van der Waals surface area contributed by atoms with E-state index in [0.717, 1.165) is 76.8 Å². The van der Waals surface area contributed by atoms with E-state index in [-0.39, 0.29) is 0 Å². The lowest BCUT2D eigenvalue weighted by Crippen LogP contribution is -2.09. The summed E-state index contributed by atoms with van der Waals surface area (Å²) in [6, 6.07) is 58.8. The number of benzene rings is 7. The average Bonchev–Trinajstić information content (AvgIpc) is 3.23. The zero-order chi connectivity index (χ0) is 37.3. The lowest BCUT2D eigenvalue weighted by atomic mass is 10.1. The molecule has 0 fully saturated rings. The lowest BCUT2D eigenvalue weighted by molar-refractivity contribution is 0.414. The summed E-state index contributed by atoms with van der Waals surface area (Å²) >= 11 is 7.13. The monoisotopic (exact) mass is 832 g/mol. The van der Waals surface area contributed by atoms with Crippen molar-refractivity contribution in [3.05, 3.63) is 201 Å². The Morgan fingerprint density at radius 1 is 0.315 bits per heavy atom. The molecule has 0 atom stereocenters. The molecule has 0 aliphatic rings. The summed E-state index contributed by atoms with van der Waals surface area (Å²) in [6.45, 7) is 0. The second-order valence-corrected chi connectivity index (χ2v) is 14.4. The van der Waals surface area contributed by atoms with Crippen LogP contribution in [0.4, 0.5) is 34.1 Å². The highest BCUT2D eigenvalue weighted by molar-refractivity contribution is 9.10. The molecule has 0 saturated carbocycles. The number of methoxy groups -OCH3 is 2. The first-order valence-electron chi connectivity index (χ1n) is 17.5. The summed E-state index contributed by atoms with van der Waals surface area (Å²) in [4.78, 5) is 4.47. The minimum absolute atomic E-state index is 0.829. The Hall–Kier alpha value is -5.82. The predicted octanol–water partition coefficient (Wildman–Crippen LogP) is 14.5. The molecule has 7 aromatic carbocycles. The zero-order valence-corrected chi connectivity index (χ0v) is 33.1. The highest BCUT2D eigenvalue weighted by Gasteiger charge is 2.14. The highest BCUT2D eigenvalue weighted by Crippen LogP contribution is 2.37. The number of hydrogen-bond donors (Lipinski definition) is 0. The Balaban J connectivity index is 1.02. The molecular weight excluding hydrogens is 796 g/mol. The largest absolute Gasteiger partial charge is 0.497 e. The van der Waals surface area contributed by atoms with Crippen molar-refractivity contribution in [3.63, 3.8) is 0 Å². The van der Waals surface area contributed by atoms with Crippen molar-refractivity contribution in [1.29, 1.82) is 0 Å². The quantitative estimate of drug-likeness (QED) is 0.115. The summed E-state index contributed by atoms with van der Waals surface area (Å²) in [7, 11) is 3.37. The molecule has 0 radical (unpaired) electrons. The van der Waals surface area contributed by atoms with Gasteiger partial charge in [0.15, 0.2) is 0 Å². The Labute approximate surface area is 334 Å². The van der Waals surface area contributed by atoms with E-state index in [0.29, 0.717) is 0 Å². The van der Waals surface area contributed by atoms with E-state index in [1.54, 1.807) is 14.2 Å². The van der Waals surface area contributed by atoms with Crippen LogP contribution >= 0.6 is 31.9 Å². The van der Waals surface area contributed by atoms with Gasteiger partial charge in [-0.05, 0) is 144 Å². The van der Waals surface area contributed by atoms with Gasteiger partial charge in [0.05, 0.1) is 14.2 Å². The van der Waals surface area contributed by atoms with Gasteiger partial charge >= 0.3 is 0 Å². The number of halogens is 2. The molecule has 0 heterocycles. The van der Waals surface area contributed by atoms with Gasteiger partial charge in [0.25, 0.3) is 0 Å². The van der Waals surface area contributed by atoms with E-state index < -0.39 is 0 Å². The highest BCUT2D eigenvalue weighted by atomic mass is 79.9. The molecule has 7 aromatic rings. The van der Waals surface area contributed by atoms with Crippen molar-refractivity contribution in [1.82, 2.24) is 0 Å². The van der Waals surface area contributed by atoms with Crippen LogP contribution < -0.4 is 19.3 Å². The molecule has 0 aliphatic heterocycles. The van der Waals surface area contributed by atoms with Crippen LogP contribution in [0.15, 0.2) is 179 Å². The van der Waals surface area contributed by atoms with E-state index in [2.05, 4.69) is 212 Å². The molecule has 0 unspecified atom stereocenters. The normalized spacial score (nSPS) is 11.2. The van der Waals surface area contributed by atoms with Crippen molar-refractivity contribution < 1.29 is 9.47 Å². The van der Waals surface area contributed by atoms with Crippen LogP contribution in [0.3, 0.4) is 0 Å². The van der Waals surface area contributed by atoms with Gasteiger partial charge in [-0.3, -0.25) is 0 Å². The molecule has 0 amide bonds. The lowest BCUT2D eigenvalue weighted by Gasteiger charge is -2.25. The fourth-order valence-corrected chi connectivity index (χ4v) is 6.64. The Morgan fingerprint density at radius 3 is 0.759 bits per heavy atom. The maximum Gasteiger partial charge on any atom is 0.119 e. The summed E-state index contributed by atoms with van der Waals surface area (Å²) in [6.07, 6.45) is 8.60. The second kappa shape index (κ2) is 17.3. The number of anilines is 6. The van der Waals surface area contributed by atoms with Gasteiger partial charge in [0.2, 0.25) is 0 Å². The smallest absolute Gasteiger partial charge is 0.119 e. The molecule has 0 N–H and O–H groups in total. The van der Waals surface area contributed by atoms with Gasteiger partial charge in [0, 0.05) is 43.1 Å². The summed E-state index contributed by atoms with van der Waals surface area (Å²) in [5.74, 6) is 1.66. The van der Waals surface area contributed by atoms with E-state index in [1.165, 1.54) is 0 Å². The molecule has 266 valence electrons. The van der Waals surface area contributed by atoms with Gasteiger partial charge < -0.3 is 19.3 Å². The van der Waals surface area contributed by atoms with Gasteiger partial charge in [-0.15, -0.1) is 0 Å². The van der Waals surface area contributed by atoms with Gasteiger partial charge in [-0.25, -0.2) is 0 Å². The number of ether oxygens (including phenoxy) is 2. The Bertz CT molecular complexity index is 2150. The number of nitrogens with zero attached hydrogens (tertiary/aromatic N) is 2. The average molecular weight is 835 g/mol. The molecule has 4 nitrogen and oxygen atoms in total. The number of hydrogen-bond acceptors (Lipinski definition) is 4. The first kappa shape index (κ1) is 36.5. The minimum atomic E-state index is 0.829. The zero-order valence-electron chi connectivity index (χ0n) is 29.9. The van der Waals surface area contributed by atoms with E-state index in [9.17, 15) is 0 Å². The molecule has 0 aromatic heterocycles. The maximum atomic E-state index is 5.39. The first-order valence-corrected chi connectivity index (χ1v) is 19.1. The Morgan fingerprint density at radius 2 is 0.519 bits per heavy atom. The van der Waals surface area contributed by atoms with Crippen LogP contribution in [0.2, 0.25) is 0 Å². The van der Waals surface area contributed by atoms with Crippen LogP contribution in [0.25, 0.3) is 24.3 Å². The Kier molecular flexibility index (Phi) is 11.7. The standard InChI is InChI=1S/C48H38Br2N2O2/c1-53-47-31-27-45(28-32-47)51(43-23-15-39(49)16-24-43)41-19-11-37(12-20-41)9-7-35-3-5-36(6-4-35)8-10-38-13-21-42(22-14-38)52(44-25-17-40(50)18-26-44)46-29-33-48(54-2)34-30-46/h3-34H,1-2H3/b9-7+,10-8+. The molecule has 6 heteroatoms. The fourth-order valence-electron chi connectivity index (χ4n) is 6.11. The van der Waals surface area contributed by atoms with E-state index in [4.69, 9.17) is 9.47 Å². The van der Waals surface area contributed by atoms with Crippen LogP contribution in [0.1, 0.15) is 22.3 Å². The van der Waals surface area contributed by atoms with Crippen LogP contribution in [-0.4, -0.2) is 14.2 Å². The third-order valence-corrected chi connectivity index (χ3v) is 10.1. The van der Waals surface area contributed by atoms with Crippen molar-refractivity contribution in [2.75, 3.05) is 24.0 Å². The van der Waals surface area contributed by atoms with Gasteiger partial charge in [-0.1, -0.05) is 105 Å². The van der Waals surface area contributed by atoms with Crippen molar-refractivity contribution in [2.45, 2.75) is 0 Å². The second-order valence-electron chi connectivity index (χ2n) is 12.5. The van der Waals surface area contributed by atoms with E-state index in [1.807, 2.05) is 24.3 Å². The third kappa shape index (κ3) is 9.03. The minimum Gasteiger partial charge on any atom is -0.497 e. The molecule has 54 heavy (non-hydrogen) atoms. The van der Waals surface area contributed by atoms with Crippen LogP contribution in [0, 0.1) is 0 Å². The van der Waals surface area contributed by atoms with E-state index >= 15 is 0 Å². The summed E-state index contributed by atoms with van der Waals surface area (Å²) in [5, 5.41) is 0. The fraction of sp³-hybridized carbons (Fsp3) is 0.0417. The van der Waals surface area contributed by atoms with Crippen LogP contribution in [0.5, 0.6) is 11.5 Å². The molecule has 0 bridgehead atoms. The maximum absolute atomic E-state index is 5.39.